The van der Waals surface area contributed by atoms with Gasteiger partial charge in [-0.25, -0.2) is 13.1 Å². The number of nitrogens with zero attached hydrogens (tertiary/aromatic N) is 1. The molecule has 0 aliphatic rings. The lowest BCUT2D eigenvalue weighted by Gasteiger charge is -2.07. The van der Waals surface area contributed by atoms with Crippen LogP contribution in [0.4, 0.5) is 0 Å². The number of aromatic nitrogens is 2. The molecule has 2 aromatic rings. The third-order valence-corrected chi connectivity index (χ3v) is 3.86. The molecule has 1 heterocycles. The van der Waals surface area contributed by atoms with Gasteiger partial charge < -0.3 is 4.74 Å². The Hall–Kier alpha value is -1.86. The molecule has 19 heavy (non-hydrogen) atoms. The molecule has 0 radical (unpaired) electrons. The summed E-state index contributed by atoms with van der Waals surface area (Å²) in [6.45, 7) is 2.43. The molecular formula is C12H15N3O3S. The van der Waals surface area contributed by atoms with Gasteiger partial charge in [0.25, 0.3) is 0 Å². The molecule has 0 bridgehead atoms. The lowest BCUT2D eigenvalue weighted by Crippen LogP contribution is -2.28. The summed E-state index contributed by atoms with van der Waals surface area (Å²) in [6, 6.07) is 7.58. The van der Waals surface area contributed by atoms with Crippen molar-refractivity contribution in [2.24, 2.45) is 0 Å². The Labute approximate surface area is 111 Å². The van der Waals surface area contributed by atoms with Crippen LogP contribution in [0.2, 0.25) is 0 Å². The molecule has 0 saturated heterocycles. The van der Waals surface area contributed by atoms with Crippen molar-refractivity contribution < 1.29 is 13.2 Å². The molecule has 2 N–H and O–H groups in total. The van der Waals surface area contributed by atoms with Crippen LogP contribution in [0.3, 0.4) is 0 Å². The third-order valence-electron chi connectivity index (χ3n) is 2.44. The Morgan fingerprint density at radius 2 is 2.26 bits per heavy atom. The van der Waals surface area contributed by atoms with Crippen molar-refractivity contribution in [3.8, 4) is 5.75 Å². The zero-order valence-electron chi connectivity index (χ0n) is 10.5. The van der Waals surface area contributed by atoms with Crippen LogP contribution in [0.15, 0.2) is 41.6 Å². The number of aromatic amines is 1. The first-order chi connectivity index (χ1) is 9.08. The highest BCUT2D eigenvalue weighted by Crippen LogP contribution is 2.12. The van der Waals surface area contributed by atoms with Gasteiger partial charge in [-0.05, 0) is 24.6 Å². The number of sulfonamides is 1. The van der Waals surface area contributed by atoms with Gasteiger partial charge in [-0.15, -0.1) is 0 Å². The second-order valence-corrected chi connectivity index (χ2v) is 5.76. The molecule has 0 saturated carbocycles. The summed E-state index contributed by atoms with van der Waals surface area (Å²) in [6.07, 6.45) is 2.58. The quantitative estimate of drug-likeness (QED) is 0.776. The van der Waals surface area contributed by atoms with Gasteiger partial charge in [-0.2, -0.15) is 5.10 Å². The van der Waals surface area contributed by atoms with Crippen LogP contribution in [0.5, 0.6) is 5.75 Å². The van der Waals surface area contributed by atoms with Crippen LogP contribution in [0.25, 0.3) is 0 Å². The number of nitrogens with one attached hydrogen (secondary N) is 2. The second kappa shape index (κ2) is 5.85. The SMILES string of the molecule is Cc1cccc(OCCNS(=O)(=O)c2cn[nH]c2)c1. The van der Waals surface area contributed by atoms with E-state index in [2.05, 4.69) is 14.9 Å². The first-order valence-electron chi connectivity index (χ1n) is 5.76. The van der Waals surface area contributed by atoms with E-state index in [4.69, 9.17) is 4.74 Å². The maximum atomic E-state index is 11.7. The topological polar surface area (TPSA) is 84.1 Å². The van der Waals surface area contributed by atoms with Crippen molar-refractivity contribution in [1.29, 1.82) is 0 Å². The predicted octanol–water partition coefficient (Wildman–Crippen LogP) is 1.08. The Bertz CT molecular complexity index is 623. The first kappa shape index (κ1) is 13.6. The van der Waals surface area contributed by atoms with E-state index < -0.39 is 10.0 Å². The van der Waals surface area contributed by atoms with Crippen LogP contribution in [-0.4, -0.2) is 31.8 Å². The standard InChI is InChI=1S/C12H15N3O3S/c1-10-3-2-4-11(7-10)18-6-5-15-19(16,17)12-8-13-14-9-12/h2-4,7-9,15H,5-6H2,1H3,(H,13,14). The van der Waals surface area contributed by atoms with Crippen molar-refractivity contribution >= 4 is 10.0 Å². The summed E-state index contributed by atoms with van der Waals surface area (Å²) in [5.41, 5.74) is 1.09. The van der Waals surface area contributed by atoms with Crippen molar-refractivity contribution in [2.75, 3.05) is 13.2 Å². The number of H-pyrrole nitrogens is 1. The molecule has 0 atom stereocenters. The highest BCUT2D eigenvalue weighted by Gasteiger charge is 2.13. The third kappa shape index (κ3) is 3.80. The van der Waals surface area contributed by atoms with Crippen molar-refractivity contribution in [1.82, 2.24) is 14.9 Å². The van der Waals surface area contributed by atoms with Crippen molar-refractivity contribution in [3.63, 3.8) is 0 Å². The summed E-state index contributed by atoms with van der Waals surface area (Å²) < 4.78 is 31.3. The molecule has 0 fully saturated rings. The summed E-state index contributed by atoms with van der Waals surface area (Å²) in [4.78, 5) is 0.114. The van der Waals surface area contributed by atoms with Crippen molar-refractivity contribution in [3.05, 3.63) is 42.2 Å². The van der Waals surface area contributed by atoms with E-state index in [1.807, 2.05) is 31.2 Å². The van der Waals surface area contributed by atoms with Crippen LogP contribution in [0.1, 0.15) is 5.56 Å². The minimum atomic E-state index is -3.50. The van der Waals surface area contributed by atoms with Gasteiger partial charge in [0.1, 0.15) is 17.3 Å². The number of aryl methyl sites for hydroxylation is 1. The van der Waals surface area contributed by atoms with E-state index in [0.29, 0.717) is 0 Å². The van der Waals surface area contributed by atoms with Crippen LogP contribution in [0, 0.1) is 6.92 Å². The average Bonchev–Trinajstić information content (AvgIpc) is 2.89. The van der Waals surface area contributed by atoms with Gasteiger partial charge >= 0.3 is 0 Å². The molecule has 1 aromatic carbocycles. The van der Waals surface area contributed by atoms with E-state index in [0.717, 1.165) is 11.3 Å². The van der Waals surface area contributed by atoms with Gasteiger partial charge in [-0.3, -0.25) is 5.10 Å². The fourth-order valence-electron chi connectivity index (χ4n) is 1.52. The Morgan fingerprint density at radius 1 is 1.42 bits per heavy atom. The van der Waals surface area contributed by atoms with Gasteiger partial charge in [0.2, 0.25) is 10.0 Å². The normalized spacial score (nSPS) is 11.4. The first-order valence-corrected chi connectivity index (χ1v) is 7.24. The highest BCUT2D eigenvalue weighted by molar-refractivity contribution is 7.89. The predicted molar refractivity (Wildman–Crippen MR) is 70.5 cm³/mol. The minimum absolute atomic E-state index is 0.114. The number of rotatable bonds is 6. The molecule has 102 valence electrons. The smallest absolute Gasteiger partial charge is 0.243 e. The number of benzene rings is 1. The molecule has 0 aliphatic heterocycles. The molecule has 0 amide bonds. The maximum Gasteiger partial charge on any atom is 0.243 e. The fourth-order valence-corrected chi connectivity index (χ4v) is 2.44. The Kier molecular flexibility index (Phi) is 4.18. The second-order valence-electron chi connectivity index (χ2n) is 4.00. The lowest BCUT2D eigenvalue weighted by atomic mass is 10.2. The van der Waals surface area contributed by atoms with E-state index in [1.54, 1.807) is 0 Å². The van der Waals surface area contributed by atoms with E-state index >= 15 is 0 Å². The largest absolute Gasteiger partial charge is 0.492 e. The zero-order valence-corrected chi connectivity index (χ0v) is 11.3. The molecule has 0 unspecified atom stereocenters. The molecule has 0 aliphatic carbocycles. The highest BCUT2D eigenvalue weighted by atomic mass is 32.2. The zero-order chi connectivity index (χ0) is 13.7. The van der Waals surface area contributed by atoms with Crippen LogP contribution < -0.4 is 9.46 Å². The summed E-state index contributed by atoms with van der Waals surface area (Å²) in [5, 5.41) is 6.06. The van der Waals surface area contributed by atoms with Crippen LogP contribution >= 0.6 is 0 Å². The molecule has 0 spiro atoms. The average molecular weight is 281 g/mol. The molecular weight excluding hydrogens is 266 g/mol. The summed E-state index contributed by atoms with van der Waals surface area (Å²) in [5.74, 6) is 0.725. The van der Waals surface area contributed by atoms with E-state index in [-0.39, 0.29) is 18.0 Å². The number of hydrogen-bond donors (Lipinski definition) is 2. The fraction of sp³-hybridized carbons (Fsp3) is 0.250. The van der Waals surface area contributed by atoms with E-state index in [9.17, 15) is 8.42 Å². The summed E-state index contributed by atoms with van der Waals surface area (Å²) in [7, 11) is -3.50. The number of ether oxygens (including phenoxy) is 1. The van der Waals surface area contributed by atoms with Gasteiger partial charge in [0.15, 0.2) is 0 Å². The van der Waals surface area contributed by atoms with Crippen LogP contribution in [-0.2, 0) is 10.0 Å². The maximum absolute atomic E-state index is 11.7. The van der Waals surface area contributed by atoms with Gasteiger partial charge in [0.05, 0.1) is 6.20 Å². The van der Waals surface area contributed by atoms with Crippen molar-refractivity contribution in [2.45, 2.75) is 11.8 Å². The van der Waals surface area contributed by atoms with Gasteiger partial charge in [0, 0.05) is 12.7 Å². The minimum Gasteiger partial charge on any atom is -0.492 e. The lowest BCUT2D eigenvalue weighted by molar-refractivity contribution is 0.322. The molecule has 6 nitrogen and oxygen atoms in total. The van der Waals surface area contributed by atoms with E-state index in [1.165, 1.54) is 12.4 Å². The summed E-state index contributed by atoms with van der Waals surface area (Å²) >= 11 is 0. The Balaban J connectivity index is 1.81. The monoisotopic (exact) mass is 281 g/mol. The number of hydrogen-bond acceptors (Lipinski definition) is 4. The molecule has 2 rings (SSSR count). The molecule has 7 heteroatoms. The molecule has 1 aromatic heterocycles. The Morgan fingerprint density at radius 3 is 2.95 bits per heavy atom. The van der Waals surface area contributed by atoms with Gasteiger partial charge in [-0.1, -0.05) is 12.1 Å².